The Labute approximate surface area is 83.1 Å². The van der Waals surface area contributed by atoms with E-state index in [0.717, 1.165) is 5.56 Å². The van der Waals surface area contributed by atoms with Crippen molar-refractivity contribution in [3.05, 3.63) is 42.5 Å². The normalized spacial score (nSPS) is 11.9. The molecule has 0 fully saturated rings. The number of amides is 1. The quantitative estimate of drug-likeness (QED) is 0.716. The zero-order valence-electron chi connectivity index (χ0n) is 8.03. The highest BCUT2D eigenvalue weighted by atomic mass is 16.3. The van der Waals surface area contributed by atoms with Crippen LogP contribution >= 0.6 is 0 Å². The molecule has 0 saturated heterocycles. The lowest BCUT2D eigenvalue weighted by Crippen LogP contribution is -2.07. The highest BCUT2D eigenvalue weighted by molar-refractivity contribution is 5.98. The fourth-order valence-corrected chi connectivity index (χ4v) is 1.04. The predicted molar refractivity (Wildman–Crippen MR) is 55.9 cm³/mol. The van der Waals surface area contributed by atoms with E-state index in [0.29, 0.717) is 5.69 Å². The second-order valence-electron chi connectivity index (χ2n) is 2.99. The molecule has 0 spiro atoms. The van der Waals surface area contributed by atoms with Crippen LogP contribution in [-0.4, -0.2) is 11.0 Å². The standard InChI is InChI=1S/C11H13NO2/c1-3-11(14)12-10-6-4-9(5-7-10)8(2)13/h3-8,13H,1H2,2H3,(H,12,14)/t8-/m1/s1. The summed E-state index contributed by atoms with van der Waals surface area (Å²) in [6.45, 7) is 5.04. The number of anilines is 1. The first-order chi connectivity index (χ1) is 6.63. The van der Waals surface area contributed by atoms with Crippen LogP contribution < -0.4 is 5.32 Å². The van der Waals surface area contributed by atoms with Gasteiger partial charge in [-0.1, -0.05) is 18.7 Å². The van der Waals surface area contributed by atoms with E-state index in [4.69, 9.17) is 0 Å². The minimum Gasteiger partial charge on any atom is -0.389 e. The van der Waals surface area contributed by atoms with Gasteiger partial charge in [0.1, 0.15) is 0 Å². The first-order valence-corrected chi connectivity index (χ1v) is 4.35. The van der Waals surface area contributed by atoms with Gasteiger partial charge < -0.3 is 10.4 Å². The molecule has 1 atom stereocenters. The van der Waals surface area contributed by atoms with Crippen LogP contribution in [0.15, 0.2) is 36.9 Å². The van der Waals surface area contributed by atoms with Crippen molar-refractivity contribution in [1.29, 1.82) is 0 Å². The second kappa shape index (κ2) is 4.58. The first kappa shape index (κ1) is 10.5. The Morgan fingerprint density at radius 1 is 1.50 bits per heavy atom. The Hall–Kier alpha value is -1.61. The van der Waals surface area contributed by atoms with E-state index in [2.05, 4.69) is 11.9 Å². The molecular formula is C11H13NO2. The zero-order valence-corrected chi connectivity index (χ0v) is 8.03. The van der Waals surface area contributed by atoms with E-state index in [9.17, 15) is 9.90 Å². The molecule has 0 radical (unpaired) electrons. The van der Waals surface area contributed by atoms with Gasteiger partial charge in [-0.05, 0) is 30.7 Å². The minimum atomic E-state index is -0.487. The van der Waals surface area contributed by atoms with E-state index in [1.54, 1.807) is 31.2 Å². The number of hydrogen-bond donors (Lipinski definition) is 2. The fraction of sp³-hybridized carbons (Fsp3) is 0.182. The fourth-order valence-electron chi connectivity index (χ4n) is 1.04. The maximum Gasteiger partial charge on any atom is 0.247 e. The van der Waals surface area contributed by atoms with Crippen molar-refractivity contribution in [2.45, 2.75) is 13.0 Å². The molecule has 1 aromatic carbocycles. The zero-order chi connectivity index (χ0) is 10.6. The number of nitrogens with one attached hydrogen (secondary N) is 1. The van der Waals surface area contributed by atoms with Crippen LogP contribution in [0.1, 0.15) is 18.6 Å². The highest BCUT2D eigenvalue weighted by Gasteiger charge is 2.00. The van der Waals surface area contributed by atoms with E-state index in [1.165, 1.54) is 6.08 Å². The summed E-state index contributed by atoms with van der Waals surface area (Å²) in [4.78, 5) is 10.9. The van der Waals surface area contributed by atoms with Gasteiger partial charge in [0, 0.05) is 5.69 Å². The summed E-state index contributed by atoms with van der Waals surface area (Å²) in [6, 6.07) is 7.01. The summed E-state index contributed by atoms with van der Waals surface area (Å²) in [5.41, 5.74) is 1.51. The maximum absolute atomic E-state index is 10.9. The summed E-state index contributed by atoms with van der Waals surface area (Å²) in [5.74, 6) is -0.241. The molecule has 14 heavy (non-hydrogen) atoms. The molecule has 0 heterocycles. The van der Waals surface area contributed by atoms with Crippen LogP contribution in [0, 0.1) is 0 Å². The lowest BCUT2D eigenvalue weighted by molar-refractivity contribution is -0.111. The smallest absolute Gasteiger partial charge is 0.247 e. The van der Waals surface area contributed by atoms with Gasteiger partial charge in [-0.2, -0.15) is 0 Å². The third-order valence-corrected chi connectivity index (χ3v) is 1.85. The third kappa shape index (κ3) is 2.71. The van der Waals surface area contributed by atoms with Gasteiger partial charge in [-0.25, -0.2) is 0 Å². The predicted octanol–water partition coefficient (Wildman–Crippen LogP) is 1.86. The summed E-state index contributed by atoms with van der Waals surface area (Å²) in [7, 11) is 0. The monoisotopic (exact) mass is 191 g/mol. The number of carbonyl (C=O) groups excluding carboxylic acids is 1. The number of carbonyl (C=O) groups is 1. The van der Waals surface area contributed by atoms with Crippen LogP contribution in [0.2, 0.25) is 0 Å². The van der Waals surface area contributed by atoms with Gasteiger partial charge in [0.05, 0.1) is 6.10 Å². The van der Waals surface area contributed by atoms with Gasteiger partial charge in [0.15, 0.2) is 0 Å². The number of rotatable bonds is 3. The summed E-state index contributed by atoms with van der Waals surface area (Å²) in [6.07, 6.45) is 0.724. The molecule has 74 valence electrons. The number of aliphatic hydroxyl groups is 1. The van der Waals surface area contributed by atoms with Crippen molar-refractivity contribution in [2.24, 2.45) is 0 Å². The molecule has 3 heteroatoms. The number of benzene rings is 1. The molecule has 0 aliphatic carbocycles. The van der Waals surface area contributed by atoms with Crippen LogP contribution in [0.3, 0.4) is 0 Å². The molecule has 2 N–H and O–H groups in total. The summed E-state index contributed by atoms with van der Waals surface area (Å²) < 4.78 is 0. The molecular weight excluding hydrogens is 178 g/mol. The Balaban J connectivity index is 2.73. The van der Waals surface area contributed by atoms with Gasteiger partial charge in [0.25, 0.3) is 0 Å². The average Bonchev–Trinajstić information content (AvgIpc) is 2.18. The van der Waals surface area contributed by atoms with Crippen molar-refractivity contribution >= 4 is 11.6 Å². The third-order valence-electron chi connectivity index (χ3n) is 1.85. The molecule has 0 saturated carbocycles. The molecule has 1 aromatic rings. The van der Waals surface area contributed by atoms with Gasteiger partial charge in [-0.3, -0.25) is 4.79 Å². The van der Waals surface area contributed by atoms with Crippen LogP contribution in [-0.2, 0) is 4.79 Å². The maximum atomic E-state index is 10.9. The van der Waals surface area contributed by atoms with Crippen molar-refractivity contribution in [2.75, 3.05) is 5.32 Å². The Morgan fingerprint density at radius 3 is 2.50 bits per heavy atom. The lowest BCUT2D eigenvalue weighted by atomic mass is 10.1. The molecule has 0 unspecified atom stereocenters. The first-order valence-electron chi connectivity index (χ1n) is 4.35. The molecule has 3 nitrogen and oxygen atoms in total. The Morgan fingerprint density at radius 2 is 2.07 bits per heavy atom. The summed E-state index contributed by atoms with van der Waals surface area (Å²) in [5, 5.41) is 11.9. The van der Waals surface area contributed by atoms with Gasteiger partial charge in [-0.15, -0.1) is 0 Å². The largest absolute Gasteiger partial charge is 0.389 e. The Kier molecular flexibility index (Phi) is 3.42. The number of aliphatic hydroxyl groups excluding tert-OH is 1. The molecule has 1 amide bonds. The molecule has 0 bridgehead atoms. The SMILES string of the molecule is C=CC(=O)Nc1ccc([C@@H](C)O)cc1. The van der Waals surface area contributed by atoms with Gasteiger partial charge >= 0.3 is 0 Å². The van der Waals surface area contributed by atoms with Crippen molar-refractivity contribution in [1.82, 2.24) is 0 Å². The molecule has 1 rings (SSSR count). The molecule has 0 aliphatic rings. The van der Waals surface area contributed by atoms with Crippen LogP contribution in [0.4, 0.5) is 5.69 Å². The second-order valence-corrected chi connectivity index (χ2v) is 2.99. The lowest BCUT2D eigenvalue weighted by Gasteiger charge is -2.06. The number of hydrogen-bond acceptors (Lipinski definition) is 2. The van der Waals surface area contributed by atoms with Crippen LogP contribution in [0.5, 0.6) is 0 Å². The van der Waals surface area contributed by atoms with E-state index in [-0.39, 0.29) is 5.91 Å². The van der Waals surface area contributed by atoms with E-state index < -0.39 is 6.10 Å². The average molecular weight is 191 g/mol. The topological polar surface area (TPSA) is 49.3 Å². The minimum absolute atomic E-state index is 0.241. The van der Waals surface area contributed by atoms with Crippen molar-refractivity contribution in [3.63, 3.8) is 0 Å². The van der Waals surface area contributed by atoms with Crippen molar-refractivity contribution < 1.29 is 9.90 Å². The van der Waals surface area contributed by atoms with E-state index in [1.807, 2.05) is 0 Å². The Bertz CT molecular complexity index is 328. The summed E-state index contributed by atoms with van der Waals surface area (Å²) >= 11 is 0. The highest BCUT2D eigenvalue weighted by Crippen LogP contribution is 2.15. The van der Waals surface area contributed by atoms with Crippen LogP contribution in [0.25, 0.3) is 0 Å². The van der Waals surface area contributed by atoms with Crippen molar-refractivity contribution in [3.8, 4) is 0 Å². The molecule has 0 aromatic heterocycles. The van der Waals surface area contributed by atoms with E-state index >= 15 is 0 Å². The van der Waals surface area contributed by atoms with Gasteiger partial charge in [0.2, 0.25) is 5.91 Å². The molecule has 0 aliphatic heterocycles.